The number of hydrogen-bond acceptors (Lipinski definition) is 5. The summed E-state index contributed by atoms with van der Waals surface area (Å²) in [5, 5.41) is 10.4. The molecule has 1 N–H and O–H groups in total. The Kier molecular flexibility index (Phi) is 5.14. The van der Waals surface area contributed by atoms with Gasteiger partial charge in [-0.2, -0.15) is 0 Å². The van der Waals surface area contributed by atoms with E-state index >= 15 is 0 Å². The van der Waals surface area contributed by atoms with Crippen molar-refractivity contribution in [3.8, 4) is 0 Å². The molecule has 0 radical (unpaired) electrons. The maximum absolute atomic E-state index is 11.9. The van der Waals surface area contributed by atoms with E-state index in [1.54, 1.807) is 0 Å². The molecule has 21 heavy (non-hydrogen) atoms. The molecule has 5 nitrogen and oxygen atoms in total. The summed E-state index contributed by atoms with van der Waals surface area (Å²) >= 11 is 6.72. The third kappa shape index (κ3) is 3.92. The Morgan fingerprint density at radius 3 is 2.48 bits per heavy atom. The summed E-state index contributed by atoms with van der Waals surface area (Å²) in [5.41, 5.74) is 1.85. The number of aromatic nitrogens is 2. The van der Waals surface area contributed by atoms with Crippen LogP contribution in [0.25, 0.3) is 0 Å². The number of benzene rings is 1. The van der Waals surface area contributed by atoms with Crippen LogP contribution in [0, 0.1) is 0 Å². The van der Waals surface area contributed by atoms with Gasteiger partial charge in [0.05, 0.1) is 0 Å². The van der Waals surface area contributed by atoms with Gasteiger partial charge in [-0.25, -0.2) is 0 Å². The lowest BCUT2D eigenvalue weighted by Crippen LogP contribution is -2.30. The lowest BCUT2D eigenvalue weighted by atomic mass is 10.2. The van der Waals surface area contributed by atoms with E-state index < -0.39 is 0 Å². The maximum atomic E-state index is 11.9. The molecule has 0 saturated heterocycles. The highest BCUT2D eigenvalue weighted by atomic mass is 35.5. The molecule has 0 saturated carbocycles. The van der Waals surface area contributed by atoms with Gasteiger partial charge < -0.3 is 10.2 Å². The molecule has 2 aromatic rings. The van der Waals surface area contributed by atoms with E-state index in [-0.39, 0.29) is 15.4 Å². The van der Waals surface area contributed by atoms with Crippen molar-refractivity contribution in [2.24, 2.45) is 0 Å². The summed E-state index contributed by atoms with van der Waals surface area (Å²) in [7, 11) is 0. The first-order valence-corrected chi connectivity index (χ1v) is 7.87. The normalized spacial score (nSPS) is 10.7. The van der Waals surface area contributed by atoms with Gasteiger partial charge in [0.15, 0.2) is 0 Å². The highest BCUT2D eigenvalue weighted by molar-refractivity contribution is 7.17. The average Bonchev–Trinajstić information content (AvgIpc) is 2.88. The van der Waals surface area contributed by atoms with Crippen LogP contribution >= 0.6 is 22.9 Å². The first kappa shape index (κ1) is 15.7. The van der Waals surface area contributed by atoms with Crippen molar-refractivity contribution >= 4 is 40.2 Å². The predicted octanol–water partition coefficient (Wildman–Crippen LogP) is 3.68. The number of carbonyl (C=O) groups excluding carboxylic acids is 1. The van der Waals surface area contributed by atoms with E-state index in [1.807, 2.05) is 24.3 Å². The van der Waals surface area contributed by atoms with Gasteiger partial charge in [-0.3, -0.25) is 4.79 Å². The van der Waals surface area contributed by atoms with Gasteiger partial charge in [0.25, 0.3) is 5.91 Å². The van der Waals surface area contributed by atoms with E-state index in [9.17, 15) is 4.79 Å². The Hall–Kier alpha value is -1.66. The lowest BCUT2D eigenvalue weighted by molar-refractivity contribution is 0.102. The second-order valence-electron chi connectivity index (χ2n) is 4.74. The third-order valence-corrected chi connectivity index (χ3v) is 4.03. The van der Waals surface area contributed by atoms with E-state index in [0.29, 0.717) is 6.04 Å². The zero-order valence-corrected chi connectivity index (χ0v) is 13.7. The highest BCUT2D eigenvalue weighted by Gasteiger charge is 2.13. The van der Waals surface area contributed by atoms with Crippen LogP contribution in [0.15, 0.2) is 24.3 Å². The molecule has 112 valence electrons. The topological polar surface area (TPSA) is 58.1 Å². The Morgan fingerprint density at radius 2 is 2.00 bits per heavy atom. The van der Waals surface area contributed by atoms with Crippen LogP contribution in [-0.2, 0) is 0 Å². The van der Waals surface area contributed by atoms with Crippen molar-refractivity contribution in [2.45, 2.75) is 26.8 Å². The summed E-state index contributed by atoms with van der Waals surface area (Å²) in [6.45, 7) is 7.36. The van der Waals surface area contributed by atoms with Gasteiger partial charge >= 0.3 is 0 Å². The second kappa shape index (κ2) is 6.87. The molecule has 0 atom stereocenters. The largest absolute Gasteiger partial charge is 0.369 e. The number of nitrogens with zero attached hydrogens (tertiary/aromatic N) is 3. The van der Waals surface area contributed by atoms with Crippen molar-refractivity contribution < 1.29 is 4.79 Å². The fraction of sp³-hybridized carbons (Fsp3) is 0.357. The van der Waals surface area contributed by atoms with Gasteiger partial charge in [-0.1, -0.05) is 11.3 Å². The Labute approximate surface area is 133 Å². The van der Waals surface area contributed by atoms with Crippen molar-refractivity contribution in [1.29, 1.82) is 0 Å². The summed E-state index contributed by atoms with van der Waals surface area (Å²) in [5.74, 6) is -0.302. The summed E-state index contributed by atoms with van der Waals surface area (Å²) in [4.78, 5) is 14.2. The molecule has 0 aliphatic carbocycles. The fourth-order valence-electron chi connectivity index (χ4n) is 2.06. The maximum Gasteiger partial charge on any atom is 0.286 e. The number of halogens is 1. The monoisotopic (exact) mass is 324 g/mol. The molecular weight excluding hydrogens is 308 g/mol. The number of hydrogen-bond donors (Lipinski definition) is 1. The van der Waals surface area contributed by atoms with Crippen LogP contribution in [-0.4, -0.2) is 28.7 Å². The van der Waals surface area contributed by atoms with Crippen LogP contribution in [0.3, 0.4) is 0 Å². The minimum atomic E-state index is -0.302. The first-order valence-electron chi connectivity index (χ1n) is 6.68. The molecule has 0 bridgehead atoms. The van der Waals surface area contributed by atoms with E-state index in [4.69, 9.17) is 11.6 Å². The molecule has 1 aromatic heterocycles. The minimum absolute atomic E-state index is 0.251. The molecule has 0 fully saturated rings. The number of nitrogens with one attached hydrogen (secondary N) is 1. The summed E-state index contributed by atoms with van der Waals surface area (Å²) in [6.07, 6.45) is 0. The SMILES string of the molecule is CCN(c1ccc(NC(=O)c2nnc(Cl)s2)cc1)C(C)C. The molecule has 0 aliphatic rings. The Balaban J connectivity index is 2.07. The standard InChI is InChI=1S/C14H17ClN4OS/c1-4-19(9(2)3)11-7-5-10(6-8-11)16-12(20)13-17-18-14(15)21-13/h5-9H,4H2,1-3H3,(H,16,20). The van der Waals surface area contributed by atoms with Crippen molar-refractivity contribution in [2.75, 3.05) is 16.8 Å². The summed E-state index contributed by atoms with van der Waals surface area (Å²) in [6, 6.07) is 8.17. The summed E-state index contributed by atoms with van der Waals surface area (Å²) < 4.78 is 0.256. The fourth-order valence-corrected chi connectivity index (χ4v) is 2.79. The highest BCUT2D eigenvalue weighted by Crippen LogP contribution is 2.21. The second-order valence-corrected chi connectivity index (χ2v) is 6.30. The minimum Gasteiger partial charge on any atom is -0.369 e. The number of carbonyl (C=O) groups is 1. The van der Waals surface area contributed by atoms with Crippen molar-refractivity contribution in [1.82, 2.24) is 10.2 Å². The predicted molar refractivity (Wildman–Crippen MR) is 87.5 cm³/mol. The van der Waals surface area contributed by atoms with E-state index in [0.717, 1.165) is 29.3 Å². The van der Waals surface area contributed by atoms with Crippen molar-refractivity contribution in [3.63, 3.8) is 0 Å². The Bertz CT molecular complexity index is 612. The van der Waals surface area contributed by atoms with Gasteiger partial charge in [0.1, 0.15) is 0 Å². The zero-order chi connectivity index (χ0) is 15.4. The van der Waals surface area contributed by atoms with Gasteiger partial charge in [-0.05, 0) is 56.6 Å². The van der Waals surface area contributed by atoms with Crippen molar-refractivity contribution in [3.05, 3.63) is 33.7 Å². The number of anilines is 2. The van der Waals surface area contributed by atoms with Gasteiger partial charge in [-0.15, -0.1) is 10.2 Å². The smallest absolute Gasteiger partial charge is 0.286 e. The molecule has 1 heterocycles. The molecule has 0 unspecified atom stereocenters. The molecule has 0 aliphatic heterocycles. The molecule has 1 amide bonds. The van der Waals surface area contributed by atoms with Crippen LogP contribution in [0.1, 0.15) is 30.6 Å². The molecular formula is C14H17ClN4OS. The first-order chi connectivity index (χ1) is 10.0. The van der Waals surface area contributed by atoms with E-state index in [2.05, 4.69) is 41.2 Å². The van der Waals surface area contributed by atoms with Crippen LogP contribution in [0.2, 0.25) is 4.47 Å². The molecule has 1 aromatic carbocycles. The Morgan fingerprint density at radius 1 is 1.33 bits per heavy atom. The molecule has 0 spiro atoms. The molecule has 2 rings (SSSR count). The van der Waals surface area contributed by atoms with Gasteiger partial charge in [0, 0.05) is 24.0 Å². The quantitative estimate of drug-likeness (QED) is 0.911. The third-order valence-electron chi connectivity index (χ3n) is 3.02. The van der Waals surface area contributed by atoms with Crippen LogP contribution in [0.5, 0.6) is 0 Å². The molecule has 7 heteroatoms. The zero-order valence-electron chi connectivity index (χ0n) is 12.1. The lowest BCUT2D eigenvalue weighted by Gasteiger charge is -2.27. The van der Waals surface area contributed by atoms with Gasteiger partial charge in [0.2, 0.25) is 9.47 Å². The number of rotatable bonds is 5. The van der Waals surface area contributed by atoms with E-state index in [1.165, 1.54) is 0 Å². The number of amides is 1. The average molecular weight is 325 g/mol. The van der Waals surface area contributed by atoms with Crippen LogP contribution in [0.4, 0.5) is 11.4 Å². The van der Waals surface area contributed by atoms with Crippen LogP contribution < -0.4 is 10.2 Å².